The van der Waals surface area contributed by atoms with Gasteiger partial charge in [0.25, 0.3) is 0 Å². The Morgan fingerprint density at radius 1 is 1.45 bits per heavy atom. The smallest absolute Gasteiger partial charge is 0.227 e. The molecule has 0 saturated carbocycles. The van der Waals surface area contributed by atoms with Crippen molar-refractivity contribution in [3.8, 4) is 0 Å². The minimum Gasteiger partial charge on any atom is -0.390 e. The fourth-order valence-electron chi connectivity index (χ4n) is 2.44. The summed E-state index contributed by atoms with van der Waals surface area (Å²) in [6, 6.07) is 0. The van der Waals surface area contributed by atoms with E-state index in [2.05, 4.69) is 27.1 Å². The molecule has 112 valence electrons. The minimum absolute atomic E-state index is 0.180. The molecule has 1 atom stereocenters. The van der Waals surface area contributed by atoms with E-state index in [0.717, 1.165) is 32.3 Å². The van der Waals surface area contributed by atoms with Gasteiger partial charge >= 0.3 is 0 Å². The Morgan fingerprint density at radius 2 is 2.25 bits per heavy atom. The van der Waals surface area contributed by atoms with E-state index < -0.39 is 11.9 Å². The van der Waals surface area contributed by atoms with Crippen molar-refractivity contribution in [1.82, 2.24) is 14.9 Å². The first-order valence-electron chi connectivity index (χ1n) is 6.99. The van der Waals surface area contributed by atoms with E-state index in [0.29, 0.717) is 19.0 Å². The van der Waals surface area contributed by atoms with Crippen molar-refractivity contribution in [3.63, 3.8) is 0 Å². The van der Waals surface area contributed by atoms with Gasteiger partial charge in [-0.05, 0) is 13.0 Å². The molecule has 1 aromatic rings. The number of hydrogen-bond donors (Lipinski definition) is 2. The van der Waals surface area contributed by atoms with E-state index in [1.807, 2.05) is 4.90 Å². The van der Waals surface area contributed by atoms with Gasteiger partial charge < -0.3 is 15.3 Å². The van der Waals surface area contributed by atoms with Gasteiger partial charge in [-0.25, -0.2) is 9.37 Å². The van der Waals surface area contributed by atoms with E-state index >= 15 is 0 Å². The van der Waals surface area contributed by atoms with Gasteiger partial charge in [-0.15, -0.1) is 0 Å². The molecule has 0 aliphatic carbocycles. The quantitative estimate of drug-likeness (QED) is 0.841. The molecule has 1 saturated heterocycles. The standard InChI is InChI=1S/C13H22FN5O/c1-3-4-18-5-6-19(9-10(20)8-18)13-16-7-11(14)12(15-2)17-13/h7,10,20H,3-6,8-9H2,1-2H3,(H,15,16,17)/t10-/m0/s1. The van der Waals surface area contributed by atoms with E-state index in [-0.39, 0.29) is 5.82 Å². The molecule has 7 heteroatoms. The second-order valence-electron chi connectivity index (χ2n) is 5.02. The second-order valence-corrected chi connectivity index (χ2v) is 5.02. The maximum Gasteiger partial charge on any atom is 0.227 e. The molecule has 1 aliphatic rings. The highest BCUT2D eigenvalue weighted by molar-refractivity contribution is 5.42. The molecule has 0 radical (unpaired) electrons. The van der Waals surface area contributed by atoms with Crippen molar-refractivity contribution >= 4 is 11.8 Å². The van der Waals surface area contributed by atoms with Crippen LogP contribution in [0, 0.1) is 5.82 Å². The second kappa shape index (κ2) is 6.81. The molecule has 2 rings (SSSR count). The number of anilines is 2. The third-order valence-electron chi connectivity index (χ3n) is 3.38. The predicted molar refractivity (Wildman–Crippen MR) is 76.5 cm³/mol. The molecule has 0 unspecified atom stereocenters. The molecular formula is C13H22FN5O. The molecule has 0 spiro atoms. The van der Waals surface area contributed by atoms with Crippen LogP contribution in [0.15, 0.2) is 6.20 Å². The van der Waals surface area contributed by atoms with Gasteiger partial charge in [0.1, 0.15) is 0 Å². The van der Waals surface area contributed by atoms with Crippen LogP contribution >= 0.6 is 0 Å². The average molecular weight is 283 g/mol. The zero-order chi connectivity index (χ0) is 14.5. The SMILES string of the molecule is CCCN1CCN(c2ncc(F)c(NC)n2)C[C@@H](O)C1. The highest BCUT2D eigenvalue weighted by atomic mass is 19.1. The summed E-state index contributed by atoms with van der Waals surface area (Å²) in [5, 5.41) is 12.8. The molecule has 2 heterocycles. The fraction of sp³-hybridized carbons (Fsp3) is 0.692. The molecule has 2 N–H and O–H groups in total. The van der Waals surface area contributed by atoms with Crippen molar-refractivity contribution in [2.45, 2.75) is 19.4 Å². The number of aromatic nitrogens is 2. The summed E-state index contributed by atoms with van der Waals surface area (Å²) in [5.41, 5.74) is 0. The van der Waals surface area contributed by atoms with Crippen LogP contribution in [0.2, 0.25) is 0 Å². The molecule has 20 heavy (non-hydrogen) atoms. The molecule has 0 amide bonds. The van der Waals surface area contributed by atoms with E-state index in [1.54, 1.807) is 7.05 Å². The Hall–Kier alpha value is -1.47. The van der Waals surface area contributed by atoms with E-state index in [1.165, 1.54) is 0 Å². The van der Waals surface area contributed by atoms with Gasteiger partial charge in [-0.3, -0.25) is 4.90 Å². The summed E-state index contributed by atoms with van der Waals surface area (Å²) in [4.78, 5) is 12.3. The van der Waals surface area contributed by atoms with Crippen molar-refractivity contribution in [1.29, 1.82) is 0 Å². The Balaban J connectivity index is 2.12. The number of aliphatic hydroxyl groups is 1. The van der Waals surface area contributed by atoms with E-state index in [9.17, 15) is 9.50 Å². The molecule has 1 fully saturated rings. The lowest BCUT2D eigenvalue weighted by Crippen LogP contribution is -2.34. The highest BCUT2D eigenvalue weighted by Gasteiger charge is 2.22. The van der Waals surface area contributed by atoms with Gasteiger partial charge in [0.2, 0.25) is 5.95 Å². The Bertz CT molecular complexity index is 445. The van der Waals surface area contributed by atoms with Crippen molar-refractivity contribution in [2.24, 2.45) is 0 Å². The lowest BCUT2D eigenvalue weighted by atomic mass is 10.3. The average Bonchev–Trinajstić information content (AvgIpc) is 2.61. The summed E-state index contributed by atoms with van der Waals surface area (Å²) in [5.74, 6) is 0.159. The van der Waals surface area contributed by atoms with Gasteiger partial charge in [0, 0.05) is 33.2 Å². The summed E-state index contributed by atoms with van der Waals surface area (Å²) < 4.78 is 13.4. The predicted octanol–water partition coefficient (Wildman–Crippen LogP) is 0.550. The third kappa shape index (κ3) is 3.55. The topological polar surface area (TPSA) is 64.5 Å². The Morgan fingerprint density at radius 3 is 2.95 bits per heavy atom. The lowest BCUT2D eigenvalue weighted by Gasteiger charge is -2.22. The minimum atomic E-state index is -0.473. The van der Waals surface area contributed by atoms with Crippen LogP contribution in [0.4, 0.5) is 16.2 Å². The van der Waals surface area contributed by atoms with E-state index in [4.69, 9.17) is 0 Å². The zero-order valence-corrected chi connectivity index (χ0v) is 12.0. The first-order chi connectivity index (χ1) is 9.63. The van der Waals surface area contributed by atoms with Crippen LogP contribution in [-0.4, -0.2) is 65.8 Å². The largest absolute Gasteiger partial charge is 0.390 e. The van der Waals surface area contributed by atoms with Gasteiger partial charge in [0.15, 0.2) is 11.6 Å². The van der Waals surface area contributed by atoms with Crippen LogP contribution in [0.1, 0.15) is 13.3 Å². The van der Waals surface area contributed by atoms with Crippen molar-refractivity contribution in [2.75, 3.05) is 50.0 Å². The number of halogens is 1. The number of nitrogens with one attached hydrogen (secondary N) is 1. The van der Waals surface area contributed by atoms with Crippen LogP contribution in [-0.2, 0) is 0 Å². The zero-order valence-electron chi connectivity index (χ0n) is 12.0. The molecule has 6 nitrogen and oxygen atoms in total. The van der Waals surface area contributed by atoms with Crippen LogP contribution < -0.4 is 10.2 Å². The summed E-state index contributed by atoms with van der Waals surface area (Å²) in [6.07, 6.45) is 1.77. The number of nitrogens with zero attached hydrogens (tertiary/aromatic N) is 4. The normalized spacial score (nSPS) is 20.8. The number of hydrogen-bond acceptors (Lipinski definition) is 6. The number of β-amino-alcohol motifs (C(OH)–C–C–N with tert-alkyl or cyclic N) is 1. The number of rotatable bonds is 4. The summed E-state index contributed by atoms with van der Waals surface area (Å²) >= 11 is 0. The molecule has 1 aromatic heterocycles. The molecule has 1 aliphatic heterocycles. The molecule has 0 aromatic carbocycles. The van der Waals surface area contributed by atoms with Crippen LogP contribution in [0.3, 0.4) is 0 Å². The Kier molecular flexibility index (Phi) is 5.08. The first kappa shape index (κ1) is 14.9. The lowest BCUT2D eigenvalue weighted by molar-refractivity contribution is 0.132. The maximum absolute atomic E-state index is 13.4. The molecular weight excluding hydrogens is 261 g/mol. The molecule has 0 bridgehead atoms. The van der Waals surface area contributed by atoms with Crippen molar-refractivity contribution < 1.29 is 9.50 Å². The van der Waals surface area contributed by atoms with Gasteiger partial charge in [0.05, 0.1) is 12.3 Å². The summed E-state index contributed by atoms with van der Waals surface area (Å²) in [7, 11) is 1.62. The van der Waals surface area contributed by atoms with Gasteiger partial charge in [-0.2, -0.15) is 4.98 Å². The third-order valence-corrected chi connectivity index (χ3v) is 3.38. The highest BCUT2D eigenvalue weighted by Crippen LogP contribution is 2.16. The monoisotopic (exact) mass is 283 g/mol. The first-order valence-corrected chi connectivity index (χ1v) is 6.99. The van der Waals surface area contributed by atoms with Crippen LogP contribution in [0.25, 0.3) is 0 Å². The Labute approximate surface area is 118 Å². The fourth-order valence-corrected chi connectivity index (χ4v) is 2.44. The van der Waals surface area contributed by atoms with Crippen LogP contribution in [0.5, 0.6) is 0 Å². The van der Waals surface area contributed by atoms with Crippen molar-refractivity contribution in [3.05, 3.63) is 12.0 Å². The van der Waals surface area contributed by atoms with Gasteiger partial charge in [-0.1, -0.05) is 6.92 Å². The number of aliphatic hydroxyl groups excluding tert-OH is 1. The summed E-state index contributed by atoms with van der Waals surface area (Å²) in [6.45, 7) is 5.79. The maximum atomic E-state index is 13.4.